The van der Waals surface area contributed by atoms with Crippen molar-refractivity contribution in [1.82, 2.24) is 10.0 Å². The van der Waals surface area contributed by atoms with Crippen LogP contribution in [0.4, 0.5) is 5.69 Å². The molecule has 0 atom stereocenters. The van der Waals surface area contributed by atoms with Crippen LogP contribution >= 0.6 is 0 Å². The SMILES string of the molecule is CCNS(=O)(=O)c1ccccc1NCC1(C)CCNCC1. The van der Waals surface area contributed by atoms with Crippen LogP contribution in [0.25, 0.3) is 0 Å². The molecule has 5 nitrogen and oxygen atoms in total. The Morgan fingerprint density at radius 3 is 2.57 bits per heavy atom. The first-order valence-electron chi connectivity index (χ1n) is 7.50. The van der Waals surface area contributed by atoms with E-state index < -0.39 is 10.0 Å². The number of sulfonamides is 1. The normalized spacial score (nSPS) is 18.4. The van der Waals surface area contributed by atoms with Crippen molar-refractivity contribution in [2.75, 3.05) is 31.5 Å². The van der Waals surface area contributed by atoms with Crippen molar-refractivity contribution in [3.8, 4) is 0 Å². The number of piperidine rings is 1. The summed E-state index contributed by atoms with van der Waals surface area (Å²) in [5.74, 6) is 0. The summed E-state index contributed by atoms with van der Waals surface area (Å²) in [4.78, 5) is 0.324. The Morgan fingerprint density at radius 2 is 1.90 bits per heavy atom. The molecule has 6 heteroatoms. The average Bonchev–Trinajstić information content (AvgIpc) is 2.46. The molecule has 1 fully saturated rings. The van der Waals surface area contributed by atoms with Crippen LogP contribution in [0.15, 0.2) is 29.2 Å². The second-order valence-electron chi connectivity index (χ2n) is 5.91. The first kappa shape index (κ1) is 16.3. The fourth-order valence-corrected chi connectivity index (χ4v) is 3.85. The molecule has 2 rings (SSSR count). The van der Waals surface area contributed by atoms with Gasteiger partial charge in [0.1, 0.15) is 4.90 Å². The van der Waals surface area contributed by atoms with Crippen LogP contribution in [-0.4, -0.2) is 34.6 Å². The highest BCUT2D eigenvalue weighted by Crippen LogP contribution is 2.29. The second-order valence-corrected chi connectivity index (χ2v) is 7.65. The van der Waals surface area contributed by atoms with Crippen LogP contribution in [0.3, 0.4) is 0 Å². The third-order valence-corrected chi connectivity index (χ3v) is 5.63. The molecular formula is C15H25N3O2S. The summed E-state index contributed by atoms with van der Waals surface area (Å²) in [7, 11) is -3.44. The summed E-state index contributed by atoms with van der Waals surface area (Å²) in [6, 6.07) is 7.08. The Hall–Kier alpha value is -1.11. The number of nitrogens with one attached hydrogen (secondary N) is 3. The van der Waals surface area contributed by atoms with Crippen molar-refractivity contribution in [3.63, 3.8) is 0 Å². The maximum atomic E-state index is 12.2. The van der Waals surface area contributed by atoms with Crippen molar-refractivity contribution in [3.05, 3.63) is 24.3 Å². The quantitative estimate of drug-likeness (QED) is 0.749. The van der Waals surface area contributed by atoms with Crippen molar-refractivity contribution < 1.29 is 8.42 Å². The third-order valence-electron chi connectivity index (χ3n) is 4.03. The van der Waals surface area contributed by atoms with Gasteiger partial charge < -0.3 is 10.6 Å². The van der Waals surface area contributed by atoms with Crippen molar-refractivity contribution >= 4 is 15.7 Å². The molecule has 0 radical (unpaired) electrons. The monoisotopic (exact) mass is 311 g/mol. The highest BCUT2D eigenvalue weighted by Gasteiger charge is 2.27. The van der Waals surface area contributed by atoms with Crippen LogP contribution in [0.2, 0.25) is 0 Å². The smallest absolute Gasteiger partial charge is 0.242 e. The fraction of sp³-hybridized carbons (Fsp3) is 0.600. The molecule has 3 N–H and O–H groups in total. The molecule has 0 saturated carbocycles. The molecule has 0 aromatic heterocycles. The molecule has 0 spiro atoms. The van der Waals surface area contributed by atoms with E-state index >= 15 is 0 Å². The minimum Gasteiger partial charge on any atom is -0.383 e. The lowest BCUT2D eigenvalue weighted by atomic mass is 9.81. The predicted octanol–water partition coefficient (Wildman–Crippen LogP) is 1.79. The van der Waals surface area contributed by atoms with E-state index in [4.69, 9.17) is 0 Å². The van der Waals surface area contributed by atoms with E-state index in [0.29, 0.717) is 17.1 Å². The number of hydrogen-bond acceptors (Lipinski definition) is 4. The highest BCUT2D eigenvalue weighted by molar-refractivity contribution is 7.89. The number of para-hydroxylation sites is 1. The van der Waals surface area contributed by atoms with E-state index in [0.717, 1.165) is 32.5 Å². The molecule has 1 aromatic carbocycles. The first-order valence-corrected chi connectivity index (χ1v) is 8.98. The van der Waals surface area contributed by atoms with Gasteiger partial charge in [-0.1, -0.05) is 26.0 Å². The number of anilines is 1. The first-order chi connectivity index (χ1) is 9.97. The van der Waals surface area contributed by atoms with E-state index in [2.05, 4.69) is 22.3 Å². The minimum atomic E-state index is -3.44. The molecule has 1 aliphatic rings. The largest absolute Gasteiger partial charge is 0.383 e. The Morgan fingerprint density at radius 1 is 1.24 bits per heavy atom. The molecule has 1 aromatic rings. The molecule has 1 aliphatic heterocycles. The van der Waals surface area contributed by atoms with E-state index in [1.165, 1.54) is 0 Å². The summed E-state index contributed by atoms with van der Waals surface area (Å²) in [5.41, 5.74) is 0.888. The fourth-order valence-electron chi connectivity index (χ4n) is 2.63. The lowest BCUT2D eigenvalue weighted by Gasteiger charge is -2.34. The molecule has 1 saturated heterocycles. The minimum absolute atomic E-state index is 0.209. The number of benzene rings is 1. The van der Waals surface area contributed by atoms with Crippen LogP contribution < -0.4 is 15.4 Å². The summed E-state index contributed by atoms with van der Waals surface area (Å²) in [6.45, 7) is 7.25. The molecule has 0 aliphatic carbocycles. The average molecular weight is 311 g/mol. The molecule has 0 amide bonds. The Kier molecular flexibility index (Phi) is 5.24. The van der Waals surface area contributed by atoms with Gasteiger partial charge in [0.05, 0.1) is 5.69 Å². The van der Waals surface area contributed by atoms with Crippen LogP contribution in [0, 0.1) is 5.41 Å². The lowest BCUT2D eigenvalue weighted by molar-refractivity contribution is 0.247. The van der Waals surface area contributed by atoms with Gasteiger partial charge in [0.2, 0.25) is 10.0 Å². The van der Waals surface area contributed by atoms with Crippen LogP contribution in [-0.2, 0) is 10.0 Å². The molecule has 1 heterocycles. The zero-order chi connectivity index (χ0) is 15.3. The molecular weight excluding hydrogens is 286 g/mol. The van der Waals surface area contributed by atoms with Gasteiger partial charge in [-0.25, -0.2) is 13.1 Å². The molecule has 118 valence electrons. The van der Waals surface area contributed by atoms with Gasteiger partial charge >= 0.3 is 0 Å². The van der Waals surface area contributed by atoms with Gasteiger partial charge in [-0.2, -0.15) is 0 Å². The van der Waals surface area contributed by atoms with Crippen molar-refractivity contribution in [1.29, 1.82) is 0 Å². The van der Waals surface area contributed by atoms with Gasteiger partial charge in [0.15, 0.2) is 0 Å². The summed E-state index contributed by atoms with van der Waals surface area (Å²) < 4.78 is 27.0. The zero-order valence-corrected chi connectivity index (χ0v) is 13.6. The Labute approximate surface area is 127 Å². The standard InChI is InChI=1S/C15H25N3O2S/c1-3-18-21(19,20)14-7-5-4-6-13(14)17-12-15(2)8-10-16-11-9-15/h4-7,16-18H,3,8-12H2,1-2H3. The van der Waals surface area contributed by atoms with E-state index in [9.17, 15) is 8.42 Å². The zero-order valence-electron chi connectivity index (χ0n) is 12.8. The maximum Gasteiger partial charge on any atom is 0.242 e. The Bertz CT molecular complexity index is 566. The van der Waals surface area contributed by atoms with Gasteiger partial charge in [-0.15, -0.1) is 0 Å². The van der Waals surface area contributed by atoms with E-state index in [1.54, 1.807) is 19.1 Å². The molecule has 0 bridgehead atoms. The van der Waals surface area contributed by atoms with E-state index in [1.807, 2.05) is 12.1 Å². The van der Waals surface area contributed by atoms with Gasteiger partial charge in [0, 0.05) is 13.1 Å². The van der Waals surface area contributed by atoms with Crippen LogP contribution in [0.1, 0.15) is 26.7 Å². The highest BCUT2D eigenvalue weighted by atomic mass is 32.2. The predicted molar refractivity (Wildman–Crippen MR) is 86.0 cm³/mol. The van der Waals surface area contributed by atoms with E-state index in [-0.39, 0.29) is 5.41 Å². The third kappa shape index (κ3) is 4.18. The van der Waals surface area contributed by atoms with Crippen LogP contribution in [0.5, 0.6) is 0 Å². The topological polar surface area (TPSA) is 70.2 Å². The van der Waals surface area contributed by atoms with Crippen molar-refractivity contribution in [2.24, 2.45) is 5.41 Å². The van der Waals surface area contributed by atoms with Gasteiger partial charge in [-0.05, 0) is 43.5 Å². The second kappa shape index (κ2) is 6.77. The molecule has 21 heavy (non-hydrogen) atoms. The van der Waals surface area contributed by atoms with Crippen molar-refractivity contribution in [2.45, 2.75) is 31.6 Å². The van der Waals surface area contributed by atoms with Gasteiger partial charge in [-0.3, -0.25) is 0 Å². The molecule has 0 unspecified atom stereocenters. The Balaban J connectivity index is 2.13. The summed E-state index contributed by atoms with van der Waals surface area (Å²) in [6.07, 6.45) is 2.20. The van der Waals surface area contributed by atoms with Gasteiger partial charge in [0.25, 0.3) is 0 Å². The number of hydrogen-bond donors (Lipinski definition) is 3. The summed E-state index contributed by atoms with van der Waals surface area (Å²) in [5, 5.41) is 6.70. The maximum absolute atomic E-state index is 12.2. The summed E-state index contributed by atoms with van der Waals surface area (Å²) >= 11 is 0. The number of rotatable bonds is 6. The lowest BCUT2D eigenvalue weighted by Crippen LogP contribution is -2.39.